The molecule has 1 N–H and O–H groups in total. The maximum Gasteiger partial charge on any atom is 0.231 e. The Morgan fingerprint density at radius 1 is 1.08 bits per heavy atom. The van der Waals surface area contributed by atoms with E-state index in [9.17, 15) is 4.79 Å². The summed E-state index contributed by atoms with van der Waals surface area (Å²) in [6.07, 6.45) is 0.570. The predicted octanol–water partition coefficient (Wildman–Crippen LogP) is 3.54. The summed E-state index contributed by atoms with van der Waals surface area (Å²) in [7, 11) is 0. The van der Waals surface area contributed by atoms with Gasteiger partial charge in [-0.1, -0.05) is 24.3 Å². The third-order valence-electron chi connectivity index (χ3n) is 5.10. The van der Waals surface area contributed by atoms with Gasteiger partial charge in [-0.3, -0.25) is 9.78 Å². The summed E-state index contributed by atoms with van der Waals surface area (Å²) in [5.41, 5.74) is 5.30. The Morgan fingerprint density at radius 3 is 2.58 bits per heavy atom. The van der Waals surface area contributed by atoms with Crippen molar-refractivity contribution in [3.8, 4) is 22.6 Å². The number of pyridine rings is 1. The minimum absolute atomic E-state index is 0.130. The Kier molecular flexibility index (Phi) is 3.35. The number of rotatable bonds is 2. The highest BCUT2D eigenvalue weighted by Gasteiger charge is 2.23. The van der Waals surface area contributed by atoms with Crippen molar-refractivity contribution in [2.45, 2.75) is 19.3 Å². The van der Waals surface area contributed by atoms with Gasteiger partial charge in [0, 0.05) is 36.0 Å². The van der Waals surface area contributed by atoms with E-state index >= 15 is 0 Å². The number of carbonyl (C=O) groups is 1. The summed E-state index contributed by atoms with van der Waals surface area (Å²) in [6, 6.07) is 14.5. The minimum atomic E-state index is 0.130. The molecular weight excluding hydrogens is 328 g/mol. The zero-order chi connectivity index (χ0) is 17.7. The number of amides is 1. The number of nitrogens with one attached hydrogen (secondary N) is 1. The number of hydrogen-bond acceptors (Lipinski definition) is 4. The molecule has 2 aromatic carbocycles. The van der Waals surface area contributed by atoms with E-state index in [2.05, 4.69) is 40.6 Å². The van der Waals surface area contributed by atoms with Crippen LogP contribution >= 0.6 is 0 Å². The van der Waals surface area contributed by atoms with Gasteiger partial charge in [0.1, 0.15) is 0 Å². The number of nitrogens with zero attached hydrogens (tertiary/aromatic N) is 1. The Balaban J connectivity index is 1.59. The first-order chi connectivity index (χ1) is 12.7. The van der Waals surface area contributed by atoms with Gasteiger partial charge in [-0.05, 0) is 35.7 Å². The average molecular weight is 346 g/mol. The highest BCUT2D eigenvalue weighted by molar-refractivity contribution is 5.96. The molecule has 0 bridgehead atoms. The molecule has 1 unspecified atom stereocenters. The van der Waals surface area contributed by atoms with Crippen LogP contribution in [0.2, 0.25) is 0 Å². The van der Waals surface area contributed by atoms with Gasteiger partial charge in [0.2, 0.25) is 12.7 Å². The third kappa shape index (κ3) is 2.47. The molecule has 1 atom stereocenters. The van der Waals surface area contributed by atoms with Crippen molar-refractivity contribution in [3.05, 3.63) is 53.7 Å². The van der Waals surface area contributed by atoms with Crippen molar-refractivity contribution >= 4 is 16.8 Å². The quantitative estimate of drug-likeness (QED) is 0.771. The smallest absolute Gasteiger partial charge is 0.231 e. The van der Waals surface area contributed by atoms with Crippen LogP contribution in [-0.4, -0.2) is 24.2 Å². The molecule has 1 fully saturated rings. The molecule has 1 aromatic heterocycles. The Labute approximate surface area is 151 Å². The molecule has 5 nitrogen and oxygen atoms in total. The second-order valence-electron chi connectivity index (χ2n) is 6.86. The number of benzene rings is 2. The number of aromatic nitrogens is 1. The molecule has 0 aliphatic carbocycles. The molecule has 5 heteroatoms. The standard InChI is InChI=1S/C21H18N2O3/c1-12-6-16(17-8-19-20(26-11-25-19)9-18(17)23-12)14-4-2-13(3-5-14)15-7-21(24)22-10-15/h2-6,8-9,15H,7,10-11H2,1H3,(H,22,24). The maximum absolute atomic E-state index is 11.5. The number of ether oxygens (including phenoxy) is 2. The van der Waals surface area contributed by atoms with E-state index in [0.29, 0.717) is 6.42 Å². The van der Waals surface area contributed by atoms with E-state index in [1.165, 1.54) is 5.56 Å². The van der Waals surface area contributed by atoms with Crippen LogP contribution in [0.5, 0.6) is 11.5 Å². The van der Waals surface area contributed by atoms with Crippen molar-refractivity contribution in [2.75, 3.05) is 13.3 Å². The Bertz CT molecular complexity index is 1030. The van der Waals surface area contributed by atoms with Crippen molar-refractivity contribution in [3.63, 3.8) is 0 Å². The molecule has 1 saturated heterocycles. The molecule has 26 heavy (non-hydrogen) atoms. The molecule has 0 spiro atoms. The van der Waals surface area contributed by atoms with Crippen molar-refractivity contribution in [1.82, 2.24) is 10.3 Å². The van der Waals surface area contributed by atoms with Crippen molar-refractivity contribution in [1.29, 1.82) is 0 Å². The second kappa shape index (κ2) is 5.73. The summed E-state index contributed by atoms with van der Waals surface area (Å²) < 4.78 is 11.0. The van der Waals surface area contributed by atoms with Crippen LogP contribution in [0.25, 0.3) is 22.0 Å². The molecule has 5 rings (SSSR count). The predicted molar refractivity (Wildman–Crippen MR) is 98.4 cm³/mol. The van der Waals surface area contributed by atoms with Crippen LogP contribution < -0.4 is 14.8 Å². The number of aryl methyl sites for hydroxylation is 1. The van der Waals surface area contributed by atoms with Crippen LogP contribution in [0.15, 0.2) is 42.5 Å². The molecule has 1 amide bonds. The van der Waals surface area contributed by atoms with Gasteiger partial charge >= 0.3 is 0 Å². The molecule has 3 aromatic rings. The van der Waals surface area contributed by atoms with E-state index in [1.807, 2.05) is 19.1 Å². The third-order valence-corrected chi connectivity index (χ3v) is 5.10. The lowest BCUT2D eigenvalue weighted by Crippen LogP contribution is -2.13. The lowest BCUT2D eigenvalue weighted by Gasteiger charge is -2.12. The van der Waals surface area contributed by atoms with E-state index < -0.39 is 0 Å². The van der Waals surface area contributed by atoms with Crippen molar-refractivity contribution in [2.24, 2.45) is 0 Å². The summed E-state index contributed by atoms with van der Waals surface area (Å²) in [5, 5.41) is 3.94. The number of hydrogen-bond donors (Lipinski definition) is 1. The van der Waals surface area contributed by atoms with E-state index in [4.69, 9.17) is 9.47 Å². The minimum Gasteiger partial charge on any atom is -0.454 e. The van der Waals surface area contributed by atoms with Gasteiger partial charge < -0.3 is 14.8 Å². The Hall–Kier alpha value is -3.08. The highest BCUT2D eigenvalue weighted by atomic mass is 16.7. The molecular formula is C21H18N2O3. The van der Waals surface area contributed by atoms with Crippen LogP contribution in [0.4, 0.5) is 0 Å². The number of carbonyl (C=O) groups excluding carboxylic acids is 1. The van der Waals surface area contributed by atoms with Gasteiger partial charge in [-0.15, -0.1) is 0 Å². The molecule has 0 saturated carbocycles. The van der Waals surface area contributed by atoms with Crippen LogP contribution in [0.1, 0.15) is 23.6 Å². The zero-order valence-electron chi connectivity index (χ0n) is 14.4. The van der Waals surface area contributed by atoms with Crippen molar-refractivity contribution < 1.29 is 14.3 Å². The summed E-state index contributed by atoms with van der Waals surface area (Å²) in [5.74, 6) is 1.90. The lowest BCUT2D eigenvalue weighted by molar-refractivity contribution is -0.119. The molecule has 0 radical (unpaired) electrons. The first-order valence-electron chi connectivity index (χ1n) is 8.75. The van der Waals surface area contributed by atoms with Crippen LogP contribution in [-0.2, 0) is 4.79 Å². The highest BCUT2D eigenvalue weighted by Crippen LogP contribution is 2.39. The lowest BCUT2D eigenvalue weighted by atomic mass is 9.94. The molecule has 2 aliphatic rings. The number of fused-ring (bicyclic) bond motifs is 2. The van der Waals surface area contributed by atoms with Gasteiger partial charge in [-0.25, -0.2) is 0 Å². The Morgan fingerprint density at radius 2 is 1.85 bits per heavy atom. The van der Waals surface area contributed by atoms with E-state index in [0.717, 1.165) is 45.8 Å². The second-order valence-corrected chi connectivity index (χ2v) is 6.86. The van der Waals surface area contributed by atoms with E-state index in [-0.39, 0.29) is 18.6 Å². The van der Waals surface area contributed by atoms with Gasteiger partial charge in [0.25, 0.3) is 0 Å². The SMILES string of the molecule is Cc1cc(-c2ccc(C3CNC(=O)C3)cc2)c2cc3c(cc2n1)OCO3. The van der Waals surface area contributed by atoms with E-state index in [1.54, 1.807) is 0 Å². The van der Waals surface area contributed by atoms with Crippen LogP contribution in [0, 0.1) is 6.92 Å². The fourth-order valence-electron chi connectivity index (χ4n) is 3.76. The topological polar surface area (TPSA) is 60.5 Å². The van der Waals surface area contributed by atoms with Gasteiger partial charge in [0.05, 0.1) is 5.52 Å². The zero-order valence-corrected chi connectivity index (χ0v) is 14.4. The summed E-state index contributed by atoms with van der Waals surface area (Å²) in [4.78, 5) is 16.1. The monoisotopic (exact) mass is 346 g/mol. The first kappa shape index (κ1) is 15.2. The van der Waals surface area contributed by atoms with Crippen LogP contribution in [0.3, 0.4) is 0 Å². The largest absolute Gasteiger partial charge is 0.454 e. The molecule has 2 aliphatic heterocycles. The fraction of sp³-hybridized carbons (Fsp3) is 0.238. The average Bonchev–Trinajstić information content (AvgIpc) is 3.28. The maximum atomic E-state index is 11.5. The van der Waals surface area contributed by atoms with Gasteiger partial charge in [0.15, 0.2) is 11.5 Å². The fourth-order valence-corrected chi connectivity index (χ4v) is 3.76. The summed E-state index contributed by atoms with van der Waals surface area (Å²) in [6.45, 7) is 2.97. The molecule has 3 heterocycles. The normalized spacial score (nSPS) is 18.3. The first-order valence-corrected chi connectivity index (χ1v) is 8.75. The molecule has 130 valence electrons. The summed E-state index contributed by atoms with van der Waals surface area (Å²) >= 11 is 0. The van der Waals surface area contributed by atoms with Gasteiger partial charge in [-0.2, -0.15) is 0 Å².